The van der Waals surface area contributed by atoms with E-state index in [1.54, 1.807) is 0 Å². The number of carbonyl (C=O) groups excluding carboxylic acids is 3. The van der Waals surface area contributed by atoms with E-state index in [1.165, 1.54) is 0 Å². The van der Waals surface area contributed by atoms with E-state index in [0.717, 1.165) is 0 Å². The number of hydrogen-bond donors (Lipinski definition) is 2. The summed E-state index contributed by atoms with van der Waals surface area (Å²) in [6, 6.07) is -1.52. The van der Waals surface area contributed by atoms with Gasteiger partial charge in [0.05, 0.1) is 18.3 Å². The molecule has 1 aliphatic rings. The molecule has 140 valence electrons. The minimum atomic E-state index is -4.15. The van der Waals surface area contributed by atoms with Gasteiger partial charge in [-0.2, -0.15) is 0 Å². The minimum Gasteiger partial charge on any atom is -0.348 e. The predicted octanol–water partition coefficient (Wildman–Crippen LogP) is -3.86. The number of rotatable bonds is 9. The highest BCUT2D eigenvalue weighted by Crippen LogP contribution is 2.25. The van der Waals surface area contributed by atoms with Crippen LogP contribution in [0.3, 0.4) is 0 Å². The van der Waals surface area contributed by atoms with Crippen molar-refractivity contribution in [2.45, 2.75) is 11.7 Å². The van der Waals surface area contributed by atoms with E-state index in [2.05, 4.69) is 0 Å². The molecule has 25 heavy (non-hydrogen) atoms. The summed E-state index contributed by atoms with van der Waals surface area (Å²) in [6.45, 7) is -2.07. The Bertz CT molecular complexity index is 684. The quantitative estimate of drug-likeness (QED) is 0.171. The number of nitrogens with zero attached hydrogens (tertiary/aromatic N) is 3. The number of nitrogens with one attached hydrogen (secondary N) is 1. The average Bonchev–Trinajstić information content (AvgIpc) is 2.41. The molecule has 0 bridgehead atoms. The molecule has 3 N–H and O–H groups in total. The van der Waals surface area contributed by atoms with E-state index in [-0.39, 0.29) is 6.54 Å². The molecule has 2 amide bonds. The first-order chi connectivity index (χ1) is 11.4. The molecule has 1 fully saturated rings. The van der Waals surface area contributed by atoms with Crippen LogP contribution >= 0.6 is 0 Å². The summed E-state index contributed by atoms with van der Waals surface area (Å²) in [5.74, 6) is -3.98. The Labute approximate surface area is 140 Å². The lowest BCUT2D eigenvalue weighted by atomic mass is 10.0. The smallest absolute Gasteiger partial charge is 0.348 e. The molecule has 15 heteroatoms. The average molecular weight is 381 g/mol. The number of nitro groups is 2. The summed E-state index contributed by atoms with van der Waals surface area (Å²) in [6.07, 6.45) is 0.364. The van der Waals surface area contributed by atoms with E-state index in [1.807, 2.05) is 5.32 Å². The minimum absolute atomic E-state index is 0.358. The van der Waals surface area contributed by atoms with E-state index < -0.39 is 67.8 Å². The van der Waals surface area contributed by atoms with Crippen molar-refractivity contribution in [2.24, 2.45) is 5.73 Å². The zero-order valence-corrected chi connectivity index (χ0v) is 13.5. The molecule has 0 aliphatic carbocycles. The molecule has 1 unspecified atom stereocenters. The molecule has 0 spiro atoms. The Kier molecular flexibility index (Phi) is 6.09. The number of likely N-dealkylation sites (tertiary alicyclic amines) is 1. The highest BCUT2D eigenvalue weighted by Gasteiger charge is 2.67. The van der Waals surface area contributed by atoms with E-state index in [4.69, 9.17) is 5.73 Å². The molecule has 0 aromatic rings. The highest BCUT2D eigenvalue weighted by molar-refractivity contribution is 7.92. The molecule has 1 aliphatic heterocycles. The second-order valence-corrected chi connectivity index (χ2v) is 7.43. The fraction of sp³-hybridized carbons (Fsp3) is 0.700. The highest BCUT2D eigenvalue weighted by atomic mass is 32.2. The number of nitrogens with two attached hydrogens (primary N) is 1. The summed E-state index contributed by atoms with van der Waals surface area (Å²) in [5, 5.41) is 23.5. The third kappa shape index (κ3) is 4.66. The van der Waals surface area contributed by atoms with Crippen LogP contribution < -0.4 is 11.1 Å². The van der Waals surface area contributed by atoms with Gasteiger partial charge in [0.15, 0.2) is 22.9 Å². The van der Waals surface area contributed by atoms with Gasteiger partial charge in [0, 0.05) is 0 Å². The van der Waals surface area contributed by atoms with Crippen LogP contribution in [0.1, 0.15) is 0 Å². The van der Waals surface area contributed by atoms with Crippen molar-refractivity contribution in [3.8, 4) is 0 Å². The van der Waals surface area contributed by atoms with Gasteiger partial charge in [-0.3, -0.25) is 29.8 Å². The number of amides is 2. The van der Waals surface area contributed by atoms with Crippen molar-refractivity contribution in [1.29, 1.82) is 0 Å². The fourth-order valence-corrected chi connectivity index (χ4v) is 3.38. The zero-order chi connectivity index (χ0) is 19.4. The van der Waals surface area contributed by atoms with E-state index >= 15 is 0 Å². The maximum absolute atomic E-state index is 11.9. The Morgan fingerprint density at radius 3 is 2.24 bits per heavy atom. The van der Waals surface area contributed by atoms with Crippen molar-refractivity contribution >= 4 is 27.9 Å². The molecule has 14 nitrogen and oxygen atoms in total. The van der Waals surface area contributed by atoms with Gasteiger partial charge in [-0.05, 0) is 0 Å². The van der Waals surface area contributed by atoms with Crippen LogP contribution in [0, 0.1) is 20.2 Å². The zero-order valence-electron chi connectivity index (χ0n) is 12.7. The van der Waals surface area contributed by atoms with Crippen LogP contribution in [0.2, 0.25) is 0 Å². The van der Waals surface area contributed by atoms with Crippen LogP contribution in [0.25, 0.3) is 0 Å². The molecule has 1 saturated heterocycles. The lowest BCUT2D eigenvalue weighted by molar-refractivity contribution is -0.809. The maximum atomic E-state index is 11.9. The summed E-state index contributed by atoms with van der Waals surface area (Å²) < 4.78 is 23.7. The molecule has 0 radical (unpaired) electrons. The summed E-state index contributed by atoms with van der Waals surface area (Å²) in [7, 11) is -4.15. The van der Waals surface area contributed by atoms with Gasteiger partial charge in [0.2, 0.25) is 11.8 Å². The second-order valence-electron chi connectivity index (χ2n) is 5.32. The van der Waals surface area contributed by atoms with Crippen molar-refractivity contribution in [3.63, 3.8) is 0 Å². The predicted molar refractivity (Wildman–Crippen MR) is 79.0 cm³/mol. The first kappa shape index (κ1) is 20.4. The fourth-order valence-electron chi connectivity index (χ4n) is 2.00. The molecular weight excluding hydrogens is 366 g/mol. The summed E-state index contributed by atoms with van der Waals surface area (Å²) in [5.41, 5.74) is 2.82. The first-order valence-electron chi connectivity index (χ1n) is 6.69. The molecular formula is C10H15N5O9S. The van der Waals surface area contributed by atoms with Gasteiger partial charge in [0.1, 0.15) is 21.9 Å². The molecule has 0 aromatic carbocycles. The Morgan fingerprint density at radius 2 is 1.80 bits per heavy atom. The van der Waals surface area contributed by atoms with E-state index in [0.29, 0.717) is 11.2 Å². The first-order valence-corrected chi connectivity index (χ1v) is 8.51. The van der Waals surface area contributed by atoms with Gasteiger partial charge < -0.3 is 20.7 Å². The number of sulfone groups is 1. The molecule has 0 saturated carbocycles. The number of aldehydes is 1. The third-order valence-corrected chi connectivity index (χ3v) is 4.95. The van der Waals surface area contributed by atoms with Crippen molar-refractivity contribution in [2.75, 3.05) is 31.1 Å². The second kappa shape index (κ2) is 7.47. The van der Waals surface area contributed by atoms with Crippen LogP contribution in [-0.4, -0.2) is 84.1 Å². The maximum Gasteiger partial charge on any atom is 0.492 e. The Morgan fingerprint density at radius 1 is 1.28 bits per heavy atom. The summed E-state index contributed by atoms with van der Waals surface area (Å²) in [4.78, 5) is 53.2. The van der Waals surface area contributed by atoms with Gasteiger partial charge in [-0.15, -0.1) is 0 Å². The van der Waals surface area contributed by atoms with Gasteiger partial charge in [-0.25, -0.2) is 8.42 Å². The normalized spacial score (nSPS) is 17.1. The topological polar surface area (TPSA) is 213 Å². The third-order valence-electron chi connectivity index (χ3n) is 3.39. The van der Waals surface area contributed by atoms with Crippen LogP contribution in [-0.2, 0) is 24.2 Å². The van der Waals surface area contributed by atoms with Gasteiger partial charge in [0.25, 0.3) is 0 Å². The summed E-state index contributed by atoms with van der Waals surface area (Å²) >= 11 is 0. The van der Waals surface area contributed by atoms with Crippen molar-refractivity contribution in [1.82, 2.24) is 10.2 Å². The molecule has 1 atom stereocenters. The molecule has 1 heterocycles. The number of carbonyl (C=O) groups is 3. The Balaban J connectivity index is 2.62. The lowest BCUT2D eigenvalue weighted by Gasteiger charge is -2.35. The monoisotopic (exact) mass is 381 g/mol. The van der Waals surface area contributed by atoms with E-state index in [9.17, 15) is 43.0 Å². The SMILES string of the molecule is NC(CS(=O)(=O)CC(=O)N1CC([N+](=O)[O-])([N+](=O)[O-])C1)C(=O)NCC=O. The van der Waals surface area contributed by atoms with Crippen LogP contribution in [0.15, 0.2) is 0 Å². The number of hydrogen-bond acceptors (Lipinski definition) is 10. The molecule has 1 rings (SSSR count). The van der Waals surface area contributed by atoms with Crippen LogP contribution in [0.4, 0.5) is 0 Å². The molecule has 0 aromatic heterocycles. The largest absolute Gasteiger partial charge is 0.492 e. The van der Waals surface area contributed by atoms with Gasteiger partial charge in [-0.1, -0.05) is 0 Å². The standard InChI is InChI=1S/C10H15N5O9S/c11-7(9(18)12-1-2-16)3-25(23,24)4-8(17)13-5-10(6-13,14(19)20)15(21)22/h2,7H,1,3-6,11H2,(H,12,18). The van der Waals surface area contributed by atoms with Crippen LogP contribution in [0.5, 0.6) is 0 Å². The Hall–Kier alpha value is -2.68. The lowest BCUT2D eigenvalue weighted by Crippen LogP contribution is -2.71. The van der Waals surface area contributed by atoms with Crippen molar-refractivity contribution < 1.29 is 32.6 Å². The van der Waals surface area contributed by atoms with Crippen molar-refractivity contribution in [3.05, 3.63) is 20.2 Å². The van der Waals surface area contributed by atoms with Gasteiger partial charge >= 0.3 is 5.66 Å².